The lowest BCUT2D eigenvalue weighted by Crippen LogP contribution is -2.27. The summed E-state index contributed by atoms with van der Waals surface area (Å²) < 4.78 is 4.82. The molecular weight excluding hydrogens is 264 g/mol. The molecule has 0 aliphatic heterocycles. The zero-order valence-corrected chi connectivity index (χ0v) is 12.0. The van der Waals surface area contributed by atoms with Crippen molar-refractivity contribution in [3.8, 4) is 0 Å². The van der Waals surface area contributed by atoms with Crippen LogP contribution in [0.1, 0.15) is 30.1 Å². The summed E-state index contributed by atoms with van der Waals surface area (Å²) in [5.74, 6) is 0.303. The Morgan fingerprint density at radius 1 is 1.53 bits per heavy atom. The van der Waals surface area contributed by atoms with Crippen molar-refractivity contribution in [1.82, 2.24) is 0 Å². The van der Waals surface area contributed by atoms with Crippen molar-refractivity contribution in [3.05, 3.63) is 22.7 Å². The van der Waals surface area contributed by atoms with Crippen LogP contribution in [0.3, 0.4) is 0 Å². The van der Waals surface area contributed by atoms with E-state index in [1.54, 1.807) is 12.1 Å². The lowest BCUT2D eigenvalue weighted by Gasteiger charge is -2.26. The first-order valence-corrected chi connectivity index (χ1v) is 6.86. The number of nitrogens with zero attached hydrogens (tertiary/aromatic N) is 1. The fourth-order valence-corrected chi connectivity index (χ4v) is 2.54. The number of ether oxygens (including phenoxy) is 1. The molecule has 0 spiro atoms. The van der Waals surface area contributed by atoms with Crippen molar-refractivity contribution in [3.63, 3.8) is 0 Å². The van der Waals surface area contributed by atoms with Crippen LogP contribution in [0, 0.1) is 5.92 Å². The SMILES string of the molecule is CCN(CC1CC1)c1c(Cl)cc(N)cc1C(=O)OC. The minimum absolute atomic E-state index is 0.404. The molecule has 0 bridgehead atoms. The zero-order valence-electron chi connectivity index (χ0n) is 11.3. The summed E-state index contributed by atoms with van der Waals surface area (Å²) >= 11 is 6.28. The standard InChI is InChI=1S/C14H19ClN2O2/c1-3-17(8-9-4-5-9)13-11(14(18)19-2)6-10(16)7-12(13)15/h6-7,9H,3-5,8,16H2,1-2H3. The molecule has 1 aliphatic carbocycles. The van der Waals surface area contributed by atoms with Crippen molar-refractivity contribution in [1.29, 1.82) is 0 Å². The number of esters is 1. The van der Waals surface area contributed by atoms with Gasteiger partial charge in [0.1, 0.15) is 0 Å². The fourth-order valence-electron chi connectivity index (χ4n) is 2.20. The second-order valence-corrected chi connectivity index (χ2v) is 5.28. The van der Waals surface area contributed by atoms with Crippen LogP contribution in [0.25, 0.3) is 0 Å². The fraction of sp³-hybridized carbons (Fsp3) is 0.500. The molecule has 2 rings (SSSR count). The van der Waals surface area contributed by atoms with Gasteiger partial charge in [0.25, 0.3) is 0 Å². The number of halogens is 1. The molecule has 0 heterocycles. The van der Waals surface area contributed by atoms with Crippen molar-refractivity contribution in [2.75, 3.05) is 30.8 Å². The third-order valence-corrected chi connectivity index (χ3v) is 3.65. The van der Waals surface area contributed by atoms with Crippen LogP contribution in [0.5, 0.6) is 0 Å². The van der Waals surface area contributed by atoms with E-state index in [4.69, 9.17) is 22.1 Å². The minimum Gasteiger partial charge on any atom is -0.465 e. The molecule has 0 amide bonds. The topological polar surface area (TPSA) is 55.6 Å². The van der Waals surface area contributed by atoms with Crippen LogP contribution in [-0.2, 0) is 4.74 Å². The lowest BCUT2D eigenvalue weighted by atomic mass is 10.1. The van der Waals surface area contributed by atoms with E-state index in [9.17, 15) is 4.79 Å². The first-order valence-electron chi connectivity index (χ1n) is 6.49. The third-order valence-electron chi connectivity index (χ3n) is 3.36. The van der Waals surface area contributed by atoms with Gasteiger partial charge in [-0.25, -0.2) is 4.79 Å². The van der Waals surface area contributed by atoms with Gasteiger partial charge in [0.2, 0.25) is 0 Å². The predicted molar refractivity (Wildman–Crippen MR) is 77.8 cm³/mol. The van der Waals surface area contributed by atoms with E-state index in [-0.39, 0.29) is 0 Å². The summed E-state index contributed by atoms with van der Waals surface area (Å²) in [6.07, 6.45) is 2.49. The summed E-state index contributed by atoms with van der Waals surface area (Å²) in [6.45, 7) is 3.77. The maximum atomic E-state index is 11.9. The number of benzene rings is 1. The van der Waals surface area contributed by atoms with Crippen LogP contribution in [0.2, 0.25) is 5.02 Å². The second kappa shape index (κ2) is 5.70. The second-order valence-electron chi connectivity index (χ2n) is 4.87. The van der Waals surface area contributed by atoms with Gasteiger partial charge in [0.05, 0.1) is 23.4 Å². The van der Waals surface area contributed by atoms with E-state index in [1.165, 1.54) is 20.0 Å². The van der Waals surface area contributed by atoms with E-state index >= 15 is 0 Å². The van der Waals surface area contributed by atoms with Gasteiger partial charge in [0, 0.05) is 18.8 Å². The maximum Gasteiger partial charge on any atom is 0.340 e. The van der Waals surface area contributed by atoms with Gasteiger partial charge in [-0.1, -0.05) is 11.6 Å². The van der Waals surface area contributed by atoms with E-state index in [2.05, 4.69) is 11.8 Å². The molecule has 0 unspecified atom stereocenters. The van der Waals surface area contributed by atoms with Gasteiger partial charge in [-0.15, -0.1) is 0 Å². The molecule has 19 heavy (non-hydrogen) atoms. The van der Waals surface area contributed by atoms with Gasteiger partial charge in [-0.05, 0) is 37.8 Å². The number of nitrogens with two attached hydrogens (primary N) is 1. The number of rotatable bonds is 5. The number of hydrogen-bond acceptors (Lipinski definition) is 4. The van der Waals surface area contributed by atoms with Gasteiger partial charge in [-0.3, -0.25) is 0 Å². The van der Waals surface area contributed by atoms with E-state index in [0.717, 1.165) is 18.8 Å². The van der Waals surface area contributed by atoms with E-state index in [0.29, 0.717) is 22.2 Å². The van der Waals surface area contributed by atoms with Gasteiger partial charge in [-0.2, -0.15) is 0 Å². The van der Waals surface area contributed by atoms with Crippen LogP contribution in [0.15, 0.2) is 12.1 Å². The highest BCUT2D eigenvalue weighted by Crippen LogP contribution is 2.37. The van der Waals surface area contributed by atoms with E-state index < -0.39 is 5.97 Å². The van der Waals surface area contributed by atoms with E-state index in [1.807, 2.05) is 0 Å². The van der Waals surface area contributed by atoms with Crippen LogP contribution < -0.4 is 10.6 Å². The smallest absolute Gasteiger partial charge is 0.340 e. The molecule has 0 aromatic heterocycles. The predicted octanol–water partition coefficient (Wildman–Crippen LogP) is 2.95. The van der Waals surface area contributed by atoms with Crippen LogP contribution in [-0.4, -0.2) is 26.2 Å². The maximum absolute atomic E-state index is 11.9. The zero-order chi connectivity index (χ0) is 14.0. The minimum atomic E-state index is -0.404. The van der Waals surface area contributed by atoms with Gasteiger partial charge >= 0.3 is 5.97 Å². The molecule has 0 atom stereocenters. The molecule has 1 aliphatic rings. The first kappa shape index (κ1) is 14.0. The average Bonchev–Trinajstić information content (AvgIpc) is 3.18. The molecule has 0 radical (unpaired) electrons. The molecular formula is C14H19ClN2O2. The number of hydrogen-bond donors (Lipinski definition) is 1. The molecule has 1 fully saturated rings. The third kappa shape index (κ3) is 3.13. The molecule has 1 aromatic rings. The molecule has 5 heteroatoms. The molecule has 1 aromatic carbocycles. The lowest BCUT2D eigenvalue weighted by molar-refractivity contribution is 0.0601. The monoisotopic (exact) mass is 282 g/mol. The molecule has 2 N–H and O–H groups in total. The summed E-state index contributed by atoms with van der Waals surface area (Å²) in [6, 6.07) is 3.31. The molecule has 1 saturated carbocycles. The molecule has 4 nitrogen and oxygen atoms in total. The van der Waals surface area contributed by atoms with Gasteiger partial charge < -0.3 is 15.4 Å². The van der Waals surface area contributed by atoms with Gasteiger partial charge in [0.15, 0.2) is 0 Å². The molecule has 0 saturated heterocycles. The Morgan fingerprint density at radius 2 is 2.21 bits per heavy atom. The number of carbonyl (C=O) groups excluding carboxylic acids is 1. The van der Waals surface area contributed by atoms with Crippen LogP contribution >= 0.6 is 11.6 Å². The molecule has 104 valence electrons. The first-order chi connectivity index (χ1) is 9.06. The summed E-state index contributed by atoms with van der Waals surface area (Å²) in [7, 11) is 1.36. The summed E-state index contributed by atoms with van der Waals surface area (Å²) in [5, 5.41) is 0.503. The Bertz CT molecular complexity index is 487. The highest BCUT2D eigenvalue weighted by atomic mass is 35.5. The van der Waals surface area contributed by atoms with Crippen molar-refractivity contribution in [2.24, 2.45) is 5.92 Å². The summed E-state index contributed by atoms with van der Waals surface area (Å²) in [4.78, 5) is 14.0. The van der Waals surface area contributed by atoms with Crippen molar-refractivity contribution >= 4 is 28.9 Å². The summed E-state index contributed by atoms with van der Waals surface area (Å²) in [5.41, 5.74) is 7.41. The number of carbonyl (C=O) groups is 1. The number of anilines is 2. The number of methoxy groups -OCH3 is 1. The highest BCUT2D eigenvalue weighted by Gasteiger charge is 2.27. The normalized spacial score (nSPS) is 14.3. The Labute approximate surface area is 118 Å². The Hall–Kier alpha value is -1.42. The number of nitrogen functional groups attached to an aromatic ring is 1. The largest absolute Gasteiger partial charge is 0.465 e. The highest BCUT2D eigenvalue weighted by molar-refractivity contribution is 6.34. The average molecular weight is 283 g/mol. The Balaban J connectivity index is 2.42. The Morgan fingerprint density at radius 3 is 2.74 bits per heavy atom. The van der Waals surface area contributed by atoms with Crippen LogP contribution in [0.4, 0.5) is 11.4 Å². The Kier molecular flexibility index (Phi) is 4.20. The van der Waals surface area contributed by atoms with Crippen molar-refractivity contribution < 1.29 is 9.53 Å². The quantitative estimate of drug-likeness (QED) is 0.666. The van der Waals surface area contributed by atoms with Crippen molar-refractivity contribution in [2.45, 2.75) is 19.8 Å².